The Balaban J connectivity index is 2.55. The first kappa shape index (κ1) is 11.3. The van der Waals surface area contributed by atoms with E-state index in [0.717, 1.165) is 5.69 Å². The van der Waals surface area contributed by atoms with Crippen LogP contribution in [0.5, 0.6) is 0 Å². The molecule has 76 valence electrons. The number of hydrogen-bond acceptors (Lipinski definition) is 2. The normalized spacial score (nSPS) is 9.93. The van der Waals surface area contributed by atoms with E-state index in [0.29, 0.717) is 23.0 Å². The minimum Gasteiger partial charge on any atom is -0.383 e. The van der Waals surface area contributed by atoms with Crippen LogP contribution in [0.3, 0.4) is 0 Å². The van der Waals surface area contributed by atoms with Crippen LogP contribution in [0.1, 0.15) is 13.3 Å². The van der Waals surface area contributed by atoms with E-state index in [1.807, 2.05) is 0 Å². The third kappa shape index (κ3) is 3.56. The number of Topliss-reactive ketones (excluding diaryl/α,β-unsaturated/α-hetero) is 1. The molecule has 0 atom stereocenters. The number of ketones is 1. The summed E-state index contributed by atoms with van der Waals surface area (Å²) in [7, 11) is 0. The standard InChI is InChI=1S/C10H11Cl2NO/c1-7(14)4-5-13-10-3-2-8(11)6-9(10)12/h2-3,6,13H,4-5H2,1H3. The van der Waals surface area contributed by atoms with Gasteiger partial charge < -0.3 is 5.32 Å². The van der Waals surface area contributed by atoms with Crippen molar-refractivity contribution in [2.45, 2.75) is 13.3 Å². The average Bonchev–Trinajstić information content (AvgIpc) is 2.08. The second kappa shape index (κ2) is 5.23. The summed E-state index contributed by atoms with van der Waals surface area (Å²) in [5.41, 5.74) is 0.803. The molecule has 0 aliphatic rings. The van der Waals surface area contributed by atoms with Crippen LogP contribution in [-0.2, 0) is 4.79 Å². The highest BCUT2D eigenvalue weighted by molar-refractivity contribution is 6.36. The lowest BCUT2D eigenvalue weighted by atomic mass is 10.3. The van der Waals surface area contributed by atoms with E-state index in [2.05, 4.69) is 5.32 Å². The lowest BCUT2D eigenvalue weighted by molar-refractivity contribution is -0.116. The molecule has 0 fully saturated rings. The van der Waals surface area contributed by atoms with Gasteiger partial charge in [-0.3, -0.25) is 4.79 Å². The van der Waals surface area contributed by atoms with Crippen molar-refractivity contribution in [3.05, 3.63) is 28.2 Å². The van der Waals surface area contributed by atoms with Gasteiger partial charge in [-0.25, -0.2) is 0 Å². The van der Waals surface area contributed by atoms with Gasteiger partial charge in [-0.2, -0.15) is 0 Å². The van der Waals surface area contributed by atoms with E-state index in [-0.39, 0.29) is 5.78 Å². The van der Waals surface area contributed by atoms with Crippen molar-refractivity contribution in [1.29, 1.82) is 0 Å². The summed E-state index contributed by atoms with van der Waals surface area (Å²) in [6.07, 6.45) is 0.499. The number of nitrogens with one attached hydrogen (secondary N) is 1. The van der Waals surface area contributed by atoms with Crippen LogP contribution >= 0.6 is 23.2 Å². The minimum atomic E-state index is 0.155. The van der Waals surface area contributed by atoms with Crippen molar-refractivity contribution >= 4 is 34.7 Å². The first-order valence-electron chi connectivity index (χ1n) is 4.28. The summed E-state index contributed by atoms with van der Waals surface area (Å²) in [5.74, 6) is 0.155. The second-order valence-corrected chi connectivity index (χ2v) is 3.85. The monoisotopic (exact) mass is 231 g/mol. The van der Waals surface area contributed by atoms with Crippen LogP contribution in [0.4, 0.5) is 5.69 Å². The molecular weight excluding hydrogens is 221 g/mol. The topological polar surface area (TPSA) is 29.1 Å². The van der Waals surface area contributed by atoms with Gasteiger partial charge in [-0.05, 0) is 25.1 Å². The van der Waals surface area contributed by atoms with E-state index in [9.17, 15) is 4.79 Å². The highest BCUT2D eigenvalue weighted by atomic mass is 35.5. The highest BCUT2D eigenvalue weighted by Crippen LogP contribution is 2.25. The van der Waals surface area contributed by atoms with Crippen LogP contribution in [-0.4, -0.2) is 12.3 Å². The number of carbonyl (C=O) groups excluding carboxylic acids is 1. The van der Waals surface area contributed by atoms with Gasteiger partial charge in [0.1, 0.15) is 5.78 Å². The quantitative estimate of drug-likeness (QED) is 0.861. The number of halogens is 2. The summed E-state index contributed by atoms with van der Waals surface area (Å²) in [6, 6.07) is 5.22. The molecule has 0 amide bonds. The van der Waals surface area contributed by atoms with E-state index >= 15 is 0 Å². The van der Waals surface area contributed by atoms with Crippen molar-refractivity contribution < 1.29 is 4.79 Å². The van der Waals surface area contributed by atoms with Gasteiger partial charge in [-0.1, -0.05) is 23.2 Å². The summed E-state index contributed by atoms with van der Waals surface area (Å²) in [4.78, 5) is 10.7. The molecule has 4 heteroatoms. The van der Waals surface area contributed by atoms with Crippen LogP contribution in [0.15, 0.2) is 18.2 Å². The Morgan fingerprint density at radius 2 is 2.14 bits per heavy atom. The van der Waals surface area contributed by atoms with E-state index in [1.54, 1.807) is 25.1 Å². The smallest absolute Gasteiger partial charge is 0.131 e. The van der Waals surface area contributed by atoms with Crippen LogP contribution in [0.2, 0.25) is 10.0 Å². The van der Waals surface area contributed by atoms with Crippen LogP contribution < -0.4 is 5.32 Å². The fourth-order valence-electron chi connectivity index (χ4n) is 1.01. The molecule has 0 bridgehead atoms. The molecular formula is C10H11Cl2NO. The molecule has 0 radical (unpaired) electrons. The molecule has 0 heterocycles. The summed E-state index contributed by atoms with van der Waals surface area (Å²) < 4.78 is 0. The molecule has 0 saturated carbocycles. The molecule has 1 rings (SSSR count). The number of hydrogen-bond donors (Lipinski definition) is 1. The summed E-state index contributed by atoms with van der Waals surface area (Å²) >= 11 is 11.6. The first-order chi connectivity index (χ1) is 6.59. The molecule has 0 aromatic heterocycles. The van der Waals surface area contributed by atoms with Gasteiger partial charge in [0, 0.05) is 18.0 Å². The number of anilines is 1. The van der Waals surface area contributed by atoms with Gasteiger partial charge in [0.05, 0.1) is 10.7 Å². The van der Waals surface area contributed by atoms with Gasteiger partial charge in [-0.15, -0.1) is 0 Å². The number of benzene rings is 1. The molecule has 14 heavy (non-hydrogen) atoms. The first-order valence-corrected chi connectivity index (χ1v) is 5.03. The van der Waals surface area contributed by atoms with Gasteiger partial charge in [0.15, 0.2) is 0 Å². The third-order valence-electron chi connectivity index (χ3n) is 1.72. The van der Waals surface area contributed by atoms with Crippen molar-refractivity contribution in [3.63, 3.8) is 0 Å². The molecule has 0 unspecified atom stereocenters. The van der Waals surface area contributed by atoms with Gasteiger partial charge in [0.25, 0.3) is 0 Å². The molecule has 1 N–H and O–H groups in total. The Hall–Kier alpha value is -0.730. The lowest BCUT2D eigenvalue weighted by Gasteiger charge is -2.06. The molecule has 1 aromatic carbocycles. The summed E-state index contributed by atoms with van der Waals surface area (Å²) in [6.45, 7) is 2.15. The van der Waals surface area contributed by atoms with Gasteiger partial charge >= 0.3 is 0 Å². The Labute approximate surface area is 93.2 Å². The Morgan fingerprint density at radius 3 is 2.71 bits per heavy atom. The third-order valence-corrected chi connectivity index (χ3v) is 2.27. The molecule has 0 spiro atoms. The predicted molar refractivity (Wildman–Crippen MR) is 60.2 cm³/mol. The van der Waals surface area contributed by atoms with Crippen molar-refractivity contribution in [1.82, 2.24) is 0 Å². The fraction of sp³-hybridized carbons (Fsp3) is 0.300. The minimum absolute atomic E-state index is 0.155. The molecule has 0 saturated heterocycles. The van der Waals surface area contributed by atoms with Crippen LogP contribution in [0, 0.1) is 0 Å². The van der Waals surface area contributed by atoms with Gasteiger partial charge in [0.2, 0.25) is 0 Å². The largest absolute Gasteiger partial charge is 0.383 e. The molecule has 0 aliphatic heterocycles. The number of carbonyl (C=O) groups is 1. The number of rotatable bonds is 4. The van der Waals surface area contributed by atoms with E-state index in [1.165, 1.54) is 0 Å². The zero-order valence-corrected chi connectivity index (χ0v) is 9.32. The maximum absolute atomic E-state index is 10.7. The molecule has 0 aliphatic carbocycles. The van der Waals surface area contributed by atoms with E-state index < -0.39 is 0 Å². The van der Waals surface area contributed by atoms with Crippen LogP contribution in [0.25, 0.3) is 0 Å². The molecule has 2 nitrogen and oxygen atoms in total. The van der Waals surface area contributed by atoms with E-state index in [4.69, 9.17) is 23.2 Å². The lowest BCUT2D eigenvalue weighted by Crippen LogP contribution is -2.05. The Kier molecular flexibility index (Phi) is 4.23. The zero-order chi connectivity index (χ0) is 10.6. The van der Waals surface area contributed by atoms with Crippen molar-refractivity contribution in [2.75, 3.05) is 11.9 Å². The second-order valence-electron chi connectivity index (χ2n) is 3.00. The average molecular weight is 232 g/mol. The highest BCUT2D eigenvalue weighted by Gasteiger charge is 2.00. The Morgan fingerprint density at radius 1 is 1.43 bits per heavy atom. The maximum Gasteiger partial charge on any atom is 0.131 e. The van der Waals surface area contributed by atoms with Crippen molar-refractivity contribution in [2.24, 2.45) is 0 Å². The SMILES string of the molecule is CC(=O)CCNc1ccc(Cl)cc1Cl. The Bertz CT molecular complexity index is 339. The maximum atomic E-state index is 10.7. The van der Waals surface area contributed by atoms with Crippen molar-refractivity contribution in [3.8, 4) is 0 Å². The summed E-state index contributed by atoms with van der Waals surface area (Å²) in [5, 5.41) is 4.23. The predicted octanol–water partition coefficient (Wildman–Crippen LogP) is 3.38. The fourth-order valence-corrected chi connectivity index (χ4v) is 1.48. The zero-order valence-electron chi connectivity index (χ0n) is 7.81. The molecule has 1 aromatic rings.